The van der Waals surface area contributed by atoms with E-state index in [0.717, 1.165) is 17.0 Å². The number of amides is 1. The molecule has 21 heavy (non-hydrogen) atoms. The smallest absolute Gasteiger partial charge is 0.347 e. The normalized spacial score (nSPS) is 12.2. The van der Waals surface area contributed by atoms with E-state index in [1.165, 1.54) is 0 Å². The summed E-state index contributed by atoms with van der Waals surface area (Å²) in [6.45, 7) is 7.33. The molecule has 0 unspecified atom stereocenters. The average Bonchev–Trinajstić information content (AvgIpc) is 2.67. The molecule has 2 N–H and O–H groups in total. The Labute approximate surface area is 121 Å². The van der Waals surface area contributed by atoms with Gasteiger partial charge in [-0.2, -0.15) is 4.98 Å². The molecular formula is C14H18N4O3. The van der Waals surface area contributed by atoms with E-state index in [4.69, 9.17) is 4.52 Å². The highest BCUT2D eigenvalue weighted by Crippen LogP contribution is 2.25. The van der Waals surface area contributed by atoms with E-state index in [-0.39, 0.29) is 24.1 Å². The van der Waals surface area contributed by atoms with Crippen LogP contribution in [0.25, 0.3) is 0 Å². The first-order valence-corrected chi connectivity index (χ1v) is 6.67. The Morgan fingerprint density at radius 2 is 2.14 bits per heavy atom. The molecule has 0 fully saturated rings. The van der Waals surface area contributed by atoms with Gasteiger partial charge >= 0.3 is 5.69 Å². The first-order chi connectivity index (χ1) is 9.86. The van der Waals surface area contributed by atoms with E-state index >= 15 is 0 Å². The lowest BCUT2D eigenvalue weighted by Gasteiger charge is -2.11. The lowest BCUT2D eigenvalue weighted by atomic mass is 9.96. The molecule has 0 aromatic carbocycles. The van der Waals surface area contributed by atoms with E-state index < -0.39 is 5.69 Å². The second-order valence-electron chi connectivity index (χ2n) is 5.15. The lowest BCUT2D eigenvalue weighted by molar-refractivity contribution is -0.116. The van der Waals surface area contributed by atoms with Crippen molar-refractivity contribution in [2.24, 2.45) is 0 Å². The fourth-order valence-electron chi connectivity index (χ4n) is 2.41. The molecule has 0 saturated carbocycles. The zero-order valence-corrected chi connectivity index (χ0v) is 12.5. The Morgan fingerprint density at radius 1 is 1.43 bits per heavy atom. The summed E-state index contributed by atoms with van der Waals surface area (Å²) < 4.78 is 5.11. The van der Waals surface area contributed by atoms with E-state index in [2.05, 4.69) is 20.4 Å². The van der Waals surface area contributed by atoms with Gasteiger partial charge in [-0.25, -0.2) is 4.79 Å². The minimum atomic E-state index is -0.482. The van der Waals surface area contributed by atoms with Crippen molar-refractivity contribution in [3.63, 3.8) is 0 Å². The number of carbonyl (C=O) groups is 1. The maximum atomic E-state index is 12.0. The minimum absolute atomic E-state index is 0.0284. The van der Waals surface area contributed by atoms with Crippen LogP contribution in [0.3, 0.4) is 0 Å². The fraction of sp³-hybridized carbons (Fsp3) is 0.429. The lowest BCUT2D eigenvalue weighted by Crippen LogP contribution is -2.20. The maximum absolute atomic E-state index is 12.0. The second-order valence-corrected chi connectivity index (χ2v) is 5.15. The molecule has 0 spiro atoms. The number of carbonyl (C=O) groups excluding carboxylic acids is 1. The number of aromatic amines is 1. The summed E-state index contributed by atoms with van der Waals surface area (Å²) in [5.74, 6) is 0.740. The quantitative estimate of drug-likeness (QED) is 0.894. The van der Waals surface area contributed by atoms with Crippen molar-refractivity contribution in [2.75, 3.05) is 5.32 Å². The SMILES string of the molecule is Cc1cc(NC(=O)C[C@@H](C)c2c(C)noc2C)nc(=O)[nH]1. The van der Waals surface area contributed by atoms with Crippen LogP contribution in [-0.2, 0) is 4.79 Å². The molecule has 1 amide bonds. The summed E-state index contributed by atoms with van der Waals surface area (Å²) >= 11 is 0. The Morgan fingerprint density at radius 3 is 2.71 bits per heavy atom. The Hall–Kier alpha value is -2.44. The molecule has 2 heterocycles. The molecule has 0 radical (unpaired) electrons. The molecule has 0 saturated heterocycles. The van der Waals surface area contributed by atoms with Crippen molar-refractivity contribution >= 4 is 11.7 Å². The van der Waals surface area contributed by atoms with Crippen LogP contribution in [0.5, 0.6) is 0 Å². The van der Waals surface area contributed by atoms with Gasteiger partial charge in [-0.05, 0) is 26.7 Å². The zero-order chi connectivity index (χ0) is 15.6. The highest BCUT2D eigenvalue weighted by atomic mass is 16.5. The number of nitrogens with zero attached hydrogens (tertiary/aromatic N) is 2. The number of H-pyrrole nitrogens is 1. The summed E-state index contributed by atoms with van der Waals surface area (Å²) in [6, 6.07) is 1.61. The number of hydrogen-bond acceptors (Lipinski definition) is 5. The van der Waals surface area contributed by atoms with Crippen LogP contribution in [0.1, 0.15) is 42.0 Å². The second kappa shape index (κ2) is 5.90. The van der Waals surface area contributed by atoms with Gasteiger partial charge in [0.2, 0.25) is 5.91 Å². The summed E-state index contributed by atoms with van der Waals surface area (Å²) in [7, 11) is 0. The fourth-order valence-corrected chi connectivity index (χ4v) is 2.41. The Bertz CT molecular complexity index is 698. The van der Waals surface area contributed by atoms with Crippen LogP contribution < -0.4 is 11.0 Å². The molecule has 2 rings (SSSR count). The van der Waals surface area contributed by atoms with E-state index in [1.54, 1.807) is 13.0 Å². The third-order valence-corrected chi connectivity index (χ3v) is 3.22. The van der Waals surface area contributed by atoms with Crippen molar-refractivity contribution in [3.8, 4) is 0 Å². The molecule has 2 aromatic rings. The van der Waals surface area contributed by atoms with Crippen molar-refractivity contribution < 1.29 is 9.32 Å². The van der Waals surface area contributed by atoms with Gasteiger partial charge < -0.3 is 14.8 Å². The number of aromatic nitrogens is 3. The van der Waals surface area contributed by atoms with E-state index in [1.807, 2.05) is 20.8 Å². The number of anilines is 1. The van der Waals surface area contributed by atoms with Crippen molar-refractivity contribution in [2.45, 2.75) is 40.0 Å². The molecule has 112 valence electrons. The topological polar surface area (TPSA) is 101 Å². The van der Waals surface area contributed by atoms with Crippen molar-refractivity contribution in [3.05, 3.63) is 39.3 Å². The van der Waals surface area contributed by atoms with Crippen LogP contribution in [0.2, 0.25) is 0 Å². The third kappa shape index (κ3) is 3.56. The van der Waals surface area contributed by atoms with E-state index in [0.29, 0.717) is 5.69 Å². The van der Waals surface area contributed by atoms with Crippen LogP contribution in [-0.4, -0.2) is 21.0 Å². The third-order valence-electron chi connectivity index (χ3n) is 3.22. The number of rotatable bonds is 4. The van der Waals surface area contributed by atoms with Crippen LogP contribution >= 0.6 is 0 Å². The molecule has 7 heteroatoms. The predicted molar refractivity (Wildman–Crippen MR) is 77.2 cm³/mol. The van der Waals surface area contributed by atoms with Crippen molar-refractivity contribution in [1.29, 1.82) is 0 Å². The molecule has 0 bridgehead atoms. The molecule has 2 aromatic heterocycles. The van der Waals surface area contributed by atoms with Crippen LogP contribution in [0.15, 0.2) is 15.4 Å². The average molecular weight is 290 g/mol. The summed E-state index contributed by atoms with van der Waals surface area (Å²) in [5.41, 5.74) is 1.89. The molecule has 7 nitrogen and oxygen atoms in total. The van der Waals surface area contributed by atoms with Gasteiger partial charge in [0.15, 0.2) is 0 Å². The highest BCUT2D eigenvalue weighted by Gasteiger charge is 2.19. The highest BCUT2D eigenvalue weighted by molar-refractivity contribution is 5.90. The zero-order valence-electron chi connectivity index (χ0n) is 12.5. The Kier molecular flexibility index (Phi) is 4.21. The van der Waals surface area contributed by atoms with Crippen LogP contribution in [0.4, 0.5) is 5.82 Å². The largest absolute Gasteiger partial charge is 0.361 e. The molecule has 0 aliphatic heterocycles. The number of nitrogens with one attached hydrogen (secondary N) is 2. The van der Waals surface area contributed by atoms with Gasteiger partial charge in [0, 0.05) is 23.7 Å². The summed E-state index contributed by atoms with van der Waals surface area (Å²) in [6.07, 6.45) is 0.260. The molecule has 0 aliphatic rings. The molecule has 1 atom stereocenters. The Balaban J connectivity index is 2.06. The van der Waals surface area contributed by atoms with Gasteiger partial charge in [0.25, 0.3) is 0 Å². The van der Waals surface area contributed by atoms with Gasteiger partial charge in [0.1, 0.15) is 11.6 Å². The molecule has 0 aliphatic carbocycles. The first kappa shape index (κ1) is 15.0. The number of hydrogen-bond donors (Lipinski definition) is 2. The van der Waals surface area contributed by atoms with Gasteiger partial charge in [-0.3, -0.25) is 4.79 Å². The standard InChI is InChI=1S/C14H18N4O3/c1-7(13-9(3)18-21-10(13)4)5-12(19)16-11-6-8(2)15-14(20)17-11/h6-7H,5H2,1-4H3,(H2,15,16,17,19,20)/t7-/m1/s1. The monoisotopic (exact) mass is 290 g/mol. The van der Waals surface area contributed by atoms with Gasteiger partial charge in [-0.15, -0.1) is 0 Å². The first-order valence-electron chi connectivity index (χ1n) is 6.67. The summed E-state index contributed by atoms with van der Waals surface area (Å²) in [5, 5.41) is 6.52. The summed E-state index contributed by atoms with van der Waals surface area (Å²) in [4.78, 5) is 29.5. The minimum Gasteiger partial charge on any atom is -0.361 e. The number of aryl methyl sites for hydroxylation is 3. The molecular weight excluding hydrogens is 272 g/mol. The van der Waals surface area contributed by atoms with Crippen molar-refractivity contribution in [1.82, 2.24) is 15.1 Å². The van der Waals surface area contributed by atoms with Gasteiger partial charge in [0.05, 0.1) is 5.69 Å². The predicted octanol–water partition coefficient (Wildman–Crippen LogP) is 1.82. The maximum Gasteiger partial charge on any atom is 0.347 e. The van der Waals surface area contributed by atoms with Crippen LogP contribution in [0, 0.1) is 20.8 Å². The van der Waals surface area contributed by atoms with Gasteiger partial charge in [-0.1, -0.05) is 12.1 Å². The van der Waals surface area contributed by atoms with E-state index in [9.17, 15) is 9.59 Å².